The summed E-state index contributed by atoms with van der Waals surface area (Å²) in [4.78, 5) is 13.2. The van der Waals surface area contributed by atoms with Crippen molar-refractivity contribution in [1.82, 2.24) is 15.1 Å². The van der Waals surface area contributed by atoms with Crippen molar-refractivity contribution in [2.24, 2.45) is 0 Å². The maximum atomic E-state index is 13.9. The molecule has 0 saturated heterocycles. The van der Waals surface area contributed by atoms with E-state index in [1.54, 1.807) is 35.1 Å². The number of benzene rings is 2. The molecule has 0 bridgehead atoms. The summed E-state index contributed by atoms with van der Waals surface area (Å²) in [6, 6.07) is 11.1. The molecular weight excluding hydrogens is 483 g/mol. The molecule has 180 valence electrons. The summed E-state index contributed by atoms with van der Waals surface area (Å²) in [5, 5.41) is 19.0. The fourth-order valence-electron chi connectivity index (χ4n) is 4.34. The monoisotopic (exact) mass is 507 g/mol. The molecule has 3 aromatic rings. The van der Waals surface area contributed by atoms with Gasteiger partial charge in [-0.1, -0.05) is 47.5 Å². The number of amides is 1. The van der Waals surface area contributed by atoms with Gasteiger partial charge >= 0.3 is 0 Å². The SMILES string of the molecule is CCn1cc(-c2cccc(C(NC(=O)c3cccc(Cl)c3Cl)C3(O)CCC(F)(F)CC3)c2)cn1. The van der Waals surface area contributed by atoms with E-state index in [0.29, 0.717) is 12.1 Å². The molecule has 1 aromatic heterocycles. The number of aromatic nitrogens is 2. The second-order valence-corrected chi connectivity index (χ2v) is 9.46. The molecule has 0 radical (unpaired) electrons. The molecule has 2 aromatic carbocycles. The van der Waals surface area contributed by atoms with Gasteiger partial charge in [0, 0.05) is 31.1 Å². The zero-order chi connectivity index (χ0) is 24.5. The predicted octanol–water partition coefficient (Wildman–Crippen LogP) is 6.29. The third-order valence-corrected chi connectivity index (χ3v) is 7.19. The number of carbonyl (C=O) groups is 1. The van der Waals surface area contributed by atoms with Crippen LogP contribution in [0.15, 0.2) is 54.9 Å². The van der Waals surface area contributed by atoms with Gasteiger partial charge in [-0.05, 0) is 49.1 Å². The highest BCUT2D eigenvalue weighted by molar-refractivity contribution is 6.43. The lowest BCUT2D eigenvalue weighted by Crippen LogP contribution is -2.50. The maximum Gasteiger partial charge on any atom is 0.253 e. The van der Waals surface area contributed by atoms with Crippen molar-refractivity contribution in [3.63, 3.8) is 0 Å². The van der Waals surface area contributed by atoms with Gasteiger partial charge in [0.1, 0.15) is 0 Å². The van der Waals surface area contributed by atoms with Crippen molar-refractivity contribution < 1.29 is 18.7 Å². The van der Waals surface area contributed by atoms with E-state index < -0.39 is 36.3 Å². The van der Waals surface area contributed by atoms with Crippen LogP contribution in [0.3, 0.4) is 0 Å². The summed E-state index contributed by atoms with van der Waals surface area (Å²) in [7, 11) is 0. The van der Waals surface area contributed by atoms with Gasteiger partial charge in [0.2, 0.25) is 5.92 Å². The van der Waals surface area contributed by atoms with Gasteiger partial charge in [-0.3, -0.25) is 9.48 Å². The highest BCUT2D eigenvalue weighted by atomic mass is 35.5. The van der Waals surface area contributed by atoms with Crippen LogP contribution < -0.4 is 5.32 Å². The fraction of sp³-hybridized carbons (Fsp3) is 0.360. The van der Waals surface area contributed by atoms with E-state index in [1.807, 2.05) is 25.3 Å². The lowest BCUT2D eigenvalue weighted by Gasteiger charge is -2.42. The molecular formula is C25H25Cl2F2N3O2. The van der Waals surface area contributed by atoms with Gasteiger partial charge in [-0.25, -0.2) is 8.78 Å². The normalized spacial score (nSPS) is 17.8. The standard InChI is InChI=1S/C25H25Cl2F2N3O2/c1-2-32-15-18(14-30-32)16-5-3-6-17(13-16)22(24(34)9-11-25(28,29)12-10-24)31-23(33)19-7-4-8-20(26)21(19)27/h3-8,13-15,22,34H,2,9-12H2,1H3,(H,31,33). The van der Waals surface area contributed by atoms with Crippen LogP contribution in [0.1, 0.15) is 54.6 Å². The Kier molecular flexibility index (Phi) is 6.99. The summed E-state index contributed by atoms with van der Waals surface area (Å²) >= 11 is 12.3. The van der Waals surface area contributed by atoms with Crippen molar-refractivity contribution in [2.45, 2.75) is 56.7 Å². The Morgan fingerprint density at radius 2 is 1.85 bits per heavy atom. The summed E-state index contributed by atoms with van der Waals surface area (Å²) in [6.45, 7) is 2.70. The Morgan fingerprint density at radius 1 is 1.15 bits per heavy atom. The maximum absolute atomic E-state index is 13.9. The molecule has 1 aliphatic rings. The van der Waals surface area contributed by atoms with Crippen LogP contribution in [0, 0.1) is 0 Å². The molecule has 1 amide bonds. The smallest absolute Gasteiger partial charge is 0.253 e. The molecule has 0 aliphatic heterocycles. The molecule has 1 saturated carbocycles. The lowest BCUT2D eigenvalue weighted by atomic mass is 9.75. The largest absolute Gasteiger partial charge is 0.387 e. The Labute approximate surface area is 206 Å². The number of carbonyl (C=O) groups excluding carboxylic acids is 1. The van der Waals surface area contributed by atoms with Crippen LogP contribution in [0.25, 0.3) is 11.1 Å². The fourth-order valence-corrected chi connectivity index (χ4v) is 4.72. The number of nitrogens with zero attached hydrogens (tertiary/aromatic N) is 2. The summed E-state index contributed by atoms with van der Waals surface area (Å²) in [5.74, 6) is -3.39. The Bertz CT molecular complexity index is 1190. The average molecular weight is 508 g/mol. The third-order valence-electron chi connectivity index (χ3n) is 6.37. The molecule has 1 fully saturated rings. The van der Waals surface area contributed by atoms with E-state index in [1.165, 1.54) is 6.07 Å². The van der Waals surface area contributed by atoms with Gasteiger partial charge in [0.05, 0.1) is 33.4 Å². The Morgan fingerprint density at radius 3 is 2.53 bits per heavy atom. The first-order valence-electron chi connectivity index (χ1n) is 11.1. The first-order chi connectivity index (χ1) is 16.1. The lowest BCUT2D eigenvalue weighted by molar-refractivity contribution is -0.116. The Balaban J connectivity index is 1.72. The van der Waals surface area contributed by atoms with Gasteiger partial charge < -0.3 is 10.4 Å². The van der Waals surface area contributed by atoms with E-state index in [2.05, 4.69) is 10.4 Å². The molecule has 0 spiro atoms. The number of hydrogen-bond donors (Lipinski definition) is 2. The Hall–Kier alpha value is -2.48. The zero-order valence-electron chi connectivity index (χ0n) is 18.6. The molecule has 1 heterocycles. The first kappa shape index (κ1) is 24.6. The number of aryl methyl sites for hydroxylation is 1. The van der Waals surface area contributed by atoms with Crippen molar-refractivity contribution in [3.05, 3.63) is 76.0 Å². The highest BCUT2D eigenvalue weighted by Crippen LogP contribution is 2.45. The number of alkyl halides is 2. The number of aliphatic hydroxyl groups is 1. The van der Waals surface area contributed by atoms with Crippen LogP contribution in [0.2, 0.25) is 10.0 Å². The zero-order valence-corrected chi connectivity index (χ0v) is 20.1. The van der Waals surface area contributed by atoms with Crippen LogP contribution in [-0.2, 0) is 6.54 Å². The van der Waals surface area contributed by atoms with Crippen LogP contribution in [0.4, 0.5) is 8.78 Å². The number of halogens is 4. The van der Waals surface area contributed by atoms with Crippen LogP contribution in [-0.4, -0.2) is 32.3 Å². The van der Waals surface area contributed by atoms with E-state index in [0.717, 1.165) is 11.1 Å². The van der Waals surface area contributed by atoms with Crippen molar-refractivity contribution >= 4 is 29.1 Å². The van der Waals surface area contributed by atoms with Gasteiger partial charge in [-0.15, -0.1) is 0 Å². The van der Waals surface area contributed by atoms with Crippen LogP contribution >= 0.6 is 23.2 Å². The first-order valence-corrected chi connectivity index (χ1v) is 11.9. The van der Waals surface area contributed by atoms with E-state index >= 15 is 0 Å². The highest BCUT2D eigenvalue weighted by Gasteiger charge is 2.47. The number of nitrogens with one attached hydrogen (secondary N) is 1. The third kappa shape index (κ3) is 5.11. The van der Waals surface area contributed by atoms with Gasteiger partial charge in [-0.2, -0.15) is 5.10 Å². The minimum absolute atomic E-state index is 0.0864. The van der Waals surface area contributed by atoms with Gasteiger partial charge in [0.15, 0.2) is 0 Å². The molecule has 4 rings (SSSR count). The van der Waals surface area contributed by atoms with E-state index in [9.17, 15) is 18.7 Å². The summed E-state index contributed by atoms with van der Waals surface area (Å²) in [6.07, 6.45) is 2.39. The summed E-state index contributed by atoms with van der Waals surface area (Å²) in [5.41, 5.74) is 0.885. The van der Waals surface area contributed by atoms with Crippen molar-refractivity contribution in [2.75, 3.05) is 0 Å². The molecule has 1 aliphatic carbocycles. The van der Waals surface area contributed by atoms with Crippen molar-refractivity contribution in [1.29, 1.82) is 0 Å². The topological polar surface area (TPSA) is 67.2 Å². The number of hydrogen-bond acceptors (Lipinski definition) is 3. The molecule has 1 unspecified atom stereocenters. The molecule has 1 atom stereocenters. The van der Waals surface area contributed by atoms with E-state index in [-0.39, 0.29) is 28.5 Å². The molecule has 9 heteroatoms. The minimum atomic E-state index is -2.84. The van der Waals surface area contributed by atoms with Gasteiger partial charge in [0.25, 0.3) is 5.91 Å². The second-order valence-electron chi connectivity index (χ2n) is 8.68. The summed E-state index contributed by atoms with van der Waals surface area (Å²) < 4.78 is 29.6. The molecule has 5 nitrogen and oxygen atoms in total. The van der Waals surface area contributed by atoms with Crippen LogP contribution in [0.5, 0.6) is 0 Å². The van der Waals surface area contributed by atoms with Crippen molar-refractivity contribution in [3.8, 4) is 11.1 Å². The molecule has 2 N–H and O–H groups in total. The number of rotatable bonds is 6. The predicted molar refractivity (Wildman–Crippen MR) is 128 cm³/mol. The average Bonchev–Trinajstić information content (AvgIpc) is 3.31. The molecule has 34 heavy (non-hydrogen) atoms. The minimum Gasteiger partial charge on any atom is -0.387 e. The quantitative estimate of drug-likeness (QED) is 0.412. The van der Waals surface area contributed by atoms with E-state index in [4.69, 9.17) is 23.2 Å². The second kappa shape index (κ2) is 9.64.